The molecule has 0 bridgehead atoms. The van der Waals surface area contributed by atoms with E-state index in [4.69, 9.17) is 0 Å². The fraction of sp³-hybridized carbons (Fsp3) is 0.250. The molecule has 0 radical (unpaired) electrons. The summed E-state index contributed by atoms with van der Waals surface area (Å²) in [6.45, 7) is 14.6. The zero-order valence-corrected chi connectivity index (χ0v) is 23.1. The molecule has 2 aromatic rings. The predicted octanol–water partition coefficient (Wildman–Crippen LogP) is 4.33. The number of benzene rings is 2. The molecule has 8 heteroatoms. The van der Waals surface area contributed by atoms with Crippen molar-refractivity contribution < 1.29 is 29.4 Å². The van der Waals surface area contributed by atoms with Crippen molar-refractivity contribution in [3.05, 3.63) is 119 Å². The topological polar surface area (TPSA) is 115 Å². The summed E-state index contributed by atoms with van der Waals surface area (Å²) < 4.78 is 0. The second-order valence-electron chi connectivity index (χ2n) is 9.97. The first kappa shape index (κ1) is 30.1. The Morgan fingerprint density at radius 2 is 0.850 bits per heavy atom. The Balaban J connectivity index is 0.000000220. The summed E-state index contributed by atoms with van der Waals surface area (Å²) >= 11 is 0. The molecule has 2 heterocycles. The second-order valence-corrected chi connectivity index (χ2v) is 9.97. The quantitative estimate of drug-likeness (QED) is 0.379. The zero-order valence-electron chi connectivity index (χ0n) is 23.1. The summed E-state index contributed by atoms with van der Waals surface area (Å²) in [6, 6.07) is 11.8. The fourth-order valence-corrected chi connectivity index (χ4v) is 4.63. The van der Waals surface area contributed by atoms with E-state index >= 15 is 0 Å². The first-order chi connectivity index (χ1) is 18.9. The number of carbonyl (C=O) groups excluding carboxylic acids is 4. The van der Waals surface area contributed by atoms with Gasteiger partial charge >= 0.3 is 0 Å². The lowest BCUT2D eigenvalue weighted by molar-refractivity contribution is 0.0490. The van der Waals surface area contributed by atoms with Crippen LogP contribution in [-0.4, -0.2) is 67.9 Å². The molecule has 0 saturated heterocycles. The van der Waals surface area contributed by atoms with Gasteiger partial charge in [0, 0.05) is 0 Å². The van der Waals surface area contributed by atoms with Crippen molar-refractivity contribution in [2.45, 2.75) is 52.0 Å². The molecule has 0 saturated carbocycles. The number of fused-ring (bicyclic) bond motifs is 2. The van der Waals surface area contributed by atoms with Crippen LogP contribution in [0, 0.1) is 0 Å². The number of allylic oxidation sites excluding steroid dienone is 2. The minimum absolute atomic E-state index is 0.369. The molecule has 4 amide bonds. The van der Waals surface area contributed by atoms with Gasteiger partial charge in [-0.1, -0.05) is 59.7 Å². The number of amides is 4. The Morgan fingerprint density at radius 3 is 1.05 bits per heavy atom. The Labute approximate surface area is 234 Å². The Hall–Kier alpha value is -4.40. The van der Waals surface area contributed by atoms with Gasteiger partial charge in [-0.25, -0.2) is 0 Å². The standard InChI is InChI=1S/2C16H17NO3/c2*1-4-13(14(18)9-10(2)3)17-15(19)11-7-5-6-8-12(11)16(17)20/h2*4-9,13-14,18H,1H2,2-3H3/t2*13-,14+/m11/s1. The first-order valence-corrected chi connectivity index (χ1v) is 12.8. The molecule has 2 aliphatic heterocycles. The molecule has 208 valence electrons. The highest BCUT2D eigenvalue weighted by atomic mass is 16.3. The summed E-state index contributed by atoms with van der Waals surface area (Å²) in [5.41, 5.74) is 3.28. The molecule has 8 nitrogen and oxygen atoms in total. The molecule has 0 fully saturated rings. The van der Waals surface area contributed by atoms with E-state index < -0.39 is 47.9 Å². The van der Waals surface area contributed by atoms with Crippen molar-refractivity contribution in [3.8, 4) is 0 Å². The summed E-state index contributed by atoms with van der Waals surface area (Å²) in [5, 5.41) is 20.3. The van der Waals surface area contributed by atoms with Crippen LogP contribution in [-0.2, 0) is 0 Å². The predicted molar refractivity (Wildman–Crippen MR) is 153 cm³/mol. The Bertz CT molecular complexity index is 1240. The van der Waals surface area contributed by atoms with Crippen LogP contribution in [0.4, 0.5) is 0 Å². The zero-order chi connectivity index (χ0) is 29.7. The average molecular weight is 543 g/mol. The number of hydrogen-bond acceptors (Lipinski definition) is 6. The van der Waals surface area contributed by atoms with E-state index in [0.717, 1.165) is 20.9 Å². The van der Waals surface area contributed by atoms with E-state index in [9.17, 15) is 29.4 Å². The van der Waals surface area contributed by atoms with Gasteiger partial charge in [-0.3, -0.25) is 29.0 Å². The van der Waals surface area contributed by atoms with E-state index in [1.165, 1.54) is 12.2 Å². The highest BCUT2D eigenvalue weighted by molar-refractivity contribution is 6.22. The van der Waals surface area contributed by atoms with Crippen LogP contribution in [0.3, 0.4) is 0 Å². The number of hydrogen-bond donors (Lipinski definition) is 2. The monoisotopic (exact) mass is 542 g/mol. The number of aliphatic hydroxyl groups is 2. The largest absolute Gasteiger partial charge is 0.387 e. The lowest BCUT2D eigenvalue weighted by Gasteiger charge is -2.26. The minimum Gasteiger partial charge on any atom is -0.387 e. The van der Waals surface area contributed by atoms with Crippen molar-refractivity contribution >= 4 is 23.6 Å². The van der Waals surface area contributed by atoms with Crippen LogP contribution in [0.25, 0.3) is 0 Å². The lowest BCUT2D eigenvalue weighted by Crippen LogP contribution is -2.45. The number of rotatable bonds is 8. The maximum Gasteiger partial charge on any atom is 0.262 e. The lowest BCUT2D eigenvalue weighted by atomic mass is 10.1. The first-order valence-electron chi connectivity index (χ1n) is 12.8. The van der Waals surface area contributed by atoms with Gasteiger partial charge in [-0.05, 0) is 52.0 Å². The smallest absolute Gasteiger partial charge is 0.262 e. The molecule has 4 atom stereocenters. The fourth-order valence-electron chi connectivity index (χ4n) is 4.63. The SMILES string of the molecule is C=C[C@H]([C@@H](O)C=C(C)C)N1C(=O)c2ccccc2C1=O.C=C[C@H]([C@@H](O)C=C(C)C)N1C(=O)c2ccccc2C1=O. The second kappa shape index (κ2) is 12.6. The van der Waals surface area contributed by atoms with Crippen molar-refractivity contribution in [2.75, 3.05) is 0 Å². The molecule has 0 aromatic heterocycles. The van der Waals surface area contributed by atoms with Crippen LogP contribution >= 0.6 is 0 Å². The third kappa shape index (κ3) is 5.93. The van der Waals surface area contributed by atoms with Crippen molar-refractivity contribution in [1.29, 1.82) is 0 Å². The average Bonchev–Trinajstić information content (AvgIpc) is 3.30. The van der Waals surface area contributed by atoms with E-state index in [2.05, 4.69) is 13.2 Å². The van der Waals surface area contributed by atoms with Crippen LogP contribution in [0.5, 0.6) is 0 Å². The molecule has 2 N–H and O–H groups in total. The molecule has 0 unspecified atom stereocenters. The molecule has 2 aliphatic rings. The number of aliphatic hydroxyl groups excluding tert-OH is 2. The van der Waals surface area contributed by atoms with E-state index in [1.54, 1.807) is 60.7 Å². The number of carbonyl (C=O) groups is 4. The summed E-state index contributed by atoms with van der Waals surface area (Å²) in [6.07, 6.45) is 4.14. The van der Waals surface area contributed by atoms with Crippen LogP contribution in [0.15, 0.2) is 97.1 Å². The van der Waals surface area contributed by atoms with Crippen molar-refractivity contribution in [2.24, 2.45) is 0 Å². The number of nitrogens with zero attached hydrogens (tertiary/aromatic N) is 2. The third-order valence-electron chi connectivity index (χ3n) is 6.44. The molecule has 2 aromatic carbocycles. The summed E-state index contributed by atoms with van der Waals surface area (Å²) in [5.74, 6) is -1.57. The number of imide groups is 2. The van der Waals surface area contributed by atoms with Gasteiger partial charge < -0.3 is 10.2 Å². The Morgan fingerprint density at radius 1 is 0.600 bits per heavy atom. The van der Waals surface area contributed by atoms with Gasteiger partial charge in [-0.15, -0.1) is 13.2 Å². The van der Waals surface area contributed by atoms with E-state index in [-0.39, 0.29) is 0 Å². The third-order valence-corrected chi connectivity index (χ3v) is 6.44. The molecular weight excluding hydrogens is 508 g/mol. The molecular formula is C32H34N2O6. The maximum atomic E-state index is 12.3. The van der Waals surface area contributed by atoms with Gasteiger partial charge in [0.1, 0.15) is 0 Å². The van der Waals surface area contributed by atoms with Gasteiger partial charge in [0.15, 0.2) is 0 Å². The van der Waals surface area contributed by atoms with Crippen LogP contribution in [0.2, 0.25) is 0 Å². The van der Waals surface area contributed by atoms with Gasteiger partial charge in [0.05, 0.1) is 46.5 Å². The van der Waals surface area contributed by atoms with E-state index in [1.807, 2.05) is 27.7 Å². The maximum absolute atomic E-state index is 12.3. The highest BCUT2D eigenvalue weighted by Gasteiger charge is 2.41. The van der Waals surface area contributed by atoms with Gasteiger partial charge in [-0.2, -0.15) is 0 Å². The highest BCUT2D eigenvalue weighted by Crippen LogP contribution is 2.27. The summed E-state index contributed by atoms with van der Waals surface area (Å²) in [7, 11) is 0. The van der Waals surface area contributed by atoms with Gasteiger partial charge in [0.25, 0.3) is 23.6 Å². The van der Waals surface area contributed by atoms with Crippen molar-refractivity contribution in [3.63, 3.8) is 0 Å². The molecule has 0 aliphatic carbocycles. The van der Waals surface area contributed by atoms with E-state index in [0.29, 0.717) is 22.3 Å². The Kier molecular flexibility index (Phi) is 9.52. The molecule has 0 spiro atoms. The minimum atomic E-state index is -0.959. The van der Waals surface area contributed by atoms with Gasteiger partial charge in [0.2, 0.25) is 0 Å². The molecule has 4 rings (SSSR count). The molecule has 40 heavy (non-hydrogen) atoms. The van der Waals surface area contributed by atoms with Crippen molar-refractivity contribution in [1.82, 2.24) is 9.80 Å². The summed E-state index contributed by atoms with van der Waals surface area (Å²) in [4.78, 5) is 51.4. The van der Waals surface area contributed by atoms with Crippen LogP contribution < -0.4 is 0 Å². The van der Waals surface area contributed by atoms with Crippen LogP contribution in [0.1, 0.15) is 69.1 Å². The normalized spacial score (nSPS) is 16.6.